The summed E-state index contributed by atoms with van der Waals surface area (Å²) in [6, 6.07) is 2.05. The van der Waals surface area contributed by atoms with Gasteiger partial charge in [0.25, 0.3) is 0 Å². The number of hydrogen-bond donors (Lipinski definition) is 1. The lowest BCUT2D eigenvalue weighted by Crippen LogP contribution is -2.59. The van der Waals surface area contributed by atoms with Crippen molar-refractivity contribution < 1.29 is 4.42 Å². The Labute approximate surface area is 97.6 Å². The van der Waals surface area contributed by atoms with Crippen molar-refractivity contribution in [2.24, 2.45) is 11.7 Å². The lowest BCUT2D eigenvalue weighted by molar-refractivity contribution is 0.0000617. The summed E-state index contributed by atoms with van der Waals surface area (Å²) in [5, 5.41) is 0. The highest BCUT2D eigenvalue weighted by Crippen LogP contribution is 2.41. The molecule has 2 N–H and O–H groups in total. The second-order valence-electron chi connectivity index (χ2n) is 5.30. The number of furan rings is 1. The molecule has 16 heavy (non-hydrogen) atoms. The highest BCUT2D eigenvalue weighted by molar-refractivity contribution is 5.16. The van der Waals surface area contributed by atoms with Crippen molar-refractivity contribution in [3.63, 3.8) is 0 Å². The normalized spacial score (nSPS) is 29.4. The average Bonchev–Trinajstić information content (AvgIpc) is 2.59. The average molecular weight is 222 g/mol. The first-order chi connectivity index (χ1) is 7.57. The van der Waals surface area contributed by atoms with Crippen molar-refractivity contribution in [3.05, 3.63) is 23.7 Å². The Morgan fingerprint density at radius 2 is 2.25 bits per heavy atom. The van der Waals surface area contributed by atoms with E-state index in [1.165, 1.54) is 18.4 Å². The van der Waals surface area contributed by atoms with E-state index in [9.17, 15) is 0 Å². The smallest absolute Gasteiger partial charge is 0.105 e. The summed E-state index contributed by atoms with van der Waals surface area (Å²) in [5.74, 6) is 1.84. The summed E-state index contributed by atoms with van der Waals surface area (Å²) >= 11 is 0. The van der Waals surface area contributed by atoms with Gasteiger partial charge < -0.3 is 10.2 Å². The van der Waals surface area contributed by atoms with E-state index in [4.69, 9.17) is 10.2 Å². The van der Waals surface area contributed by atoms with Gasteiger partial charge in [-0.25, -0.2) is 0 Å². The van der Waals surface area contributed by atoms with Crippen LogP contribution in [0, 0.1) is 12.8 Å². The van der Waals surface area contributed by atoms with Crippen molar-refractivity contribution in [1.29, 1.82) is 0 Å². The molecule has 1 aromatic heterocycles. The van der Waals surface area contributed by atoms with Crippen molar-refractivity contribution in [1.82, 2.24) is 4.90 Å². The van der Waals surface area contributed by atoms with E-state index in [1.807, 2.05) is 6.92 Å². The van der Waals surface area contributed by atoms with Crippen LogP contribution in [0.15, 0.2) is 16.7 Å². The Morgan fingerprint density at radius 3 is 2.69 bits per heavy atom. The molecular formula is C13H22N2O. The molecule has 0 bridgehead atoms. The van der Waals surface area contributed by atoms with Gasteiger partial charge in [-0.15, -0.1) is 0 Å². The zero-order chi connectivity index (χ0) is 11.8. The fraction of sp³-hybridized carbons (Fsp3) is 0.692. The van der Waals surface area contributed by atoms with Crippen LogP contribution in [0.5, 0.6) is 0 Å². The van der Waals surface area contributed by atoms with Gasteiger partial charge in [0.15, 0.2) is 0 Å². The third-order valence-electron chi connectivity index (χ3n) is 4.02. The van der Waals surface area contributed by atoms with Gasteiger partial charge in [-0.1, -0.05) is 6.92 Å². The van der Waals surface area contributed by atoms with Gasteiger partial charge in [0.05, 0.1) is 6.26 Å². The summed E-state index contributed by atoms with van der Waals surface area (Å²) in [6.07, 6.45) is 4.20. The first-order valence-corrected chi connectivity index (χ1v) is 6.02. The van der Waals surface area contributed by atoms with E-state index in [-0.39, 0.29) is 5.54 Å². The Bertz CT molecular complexity index is 353. The van der Waals surface area contributed by atoms with Crippen LogP contribution in [0.25, 0.3) is 0 Å². The van der Waals surface area contributed by atoms with Crippen LogP contribution in [-0.4, -0.2) is 24.0 Å². The molecule has 1 heterocycles. The Kier molecular flexibility index (Phi) is 3.08. The number of hydrogen-bond acceptors (Lipinski definition) is 3. The number of nitrogens with two attached hydrogens (primary N) is 1. The molecule has 0 atom stereocenters. The maximum absolute atomic E-state index is 5.93. The minimum absolute atomic E-state index is 0.225. The highest BCUT2D eigenvalue weighted by Gasteiger charge is 2.43. The monoisotopic (exact) mass is 222 g/mol. The number of likely N-dealkylation sites (N-methyl/N-ethyl adjacent to an activating group) is 1. The number of aryl methyl sites for hydroxylation is 1. The molecule has 0 amide bonds. The number of nitrogens with zero attached hydrogens (tertiary/aromatic N) is 1. The summed E-state index contributed by atoms with van der Waals surface area (Å²) in [6.45, 7) is 6.00. The maximum Gasteiger partial charge on any atom is 0.105 e. The van der Waals surface area contributed by atoms with Crippen LogP contribution in [0.1, 0.15) is 31.1 Å². The molecule has 1 fully saturated rings. The minimum atomic E-state index is 0.225. The molecule has 90 valence electrons. The second kappa shape index (κ2) is 4.22. The van der Waals surface area contributed by atoms with Gasteiger partial charge in [0.1, 0.15) is 5.76 Å². The summed E-state index contributed by atoms with van der Waals surface area (Å²) in [5.41, 5.74) is 7.43. The summed E-state index contributed by atoms with van der Waals surface area (Å²) in [7, 11) is 2.17. The minimum Gasteiger partial charge on any atom is -0.469 e. The molecule has 0 aromatic carbocycles. The van der Waals surface area contributed by atoms with Gasteiger partial charge in [-0.05, 0) is 38.8 Å². The second-order valence-corrected chi connectivity index (χ2v) is 5.30. The van der Waals surface area contributed by atoms with E-state index in [1.54, 1.807) is 6.26 Å². The molecule has 0 unspecified atom stereocenters. The van der Waals surface area contributed by atoms with E-state index >= 15 is 0 Å². The van der Waals surface area contributed by atoms with Gasteiger partial charge in [-0.3, -0.25) is 4.90 Å². The molecule has 1 aromatic rings. The van der Waals surface area contributed by atoms with Gasteiger partial charge in [0, 0.05) is 24.2 Å². The standard InChI is InChI=1S/C13H22N2O/c1-10-6-13(7-10,9-14)15(3)8-12-4-5-16-11(12)2/h4-5,10H,6-9,14H2,1-3H3. The topological polar surface area (TPSA) is 42.4 Å². The van der Waals surface area contributed by atoms with Gasteiger partial charge >= 0.3 is 0 Å². The molecule has 1 saturated carbocycles. The van der Waals surface area contributed by atoms with E-state index in [0.717, 1.165) is 24.8 Å². The Morgan fingerprint density at radius 1 is 1.56 bits per heavy atom. The van der Waals surface area contributed by atoms with Crippen LogP contribution in [0.4, 0.5) is 0 Å². The number of rotatable bonds is 4. The Hall–Kier alpha value is -0.800. The van der Waals surface area contributed by atoms with Crippen LogP contribution in [0.2, 0.25) is 0 Å². The highest BCUT2D eigenvalue weighted by atomic mass is 16.3. The van der Waals surface area contributed by atoms with E-state index in [2.05, 4.69) is 24.9 Å². The first-order valence-electron chi connectivity index (χ1n) is 6.02. The molecule has 0 aliphatic heterocycles. The molecule has 0 saturated heterocycles. The van der Waals surface area contributed by atoms with E-state index < -0.39 is 0 Å². The van der Waals surface area contributed by atoms with Crippen LogP contribution < -0.4 is 5.73 Å². The summed E-state index contributed by atoms with van der Waals surface area (Å²) < 4.78 is 5.33. The molecule has 2 rings (SSSR count). The third-order valence-corrected chi connectivity index (χ3v) is 4.02. The lowest BCUT2D eigenvalue weighted by atomic mass is 9.68. The SMILES string of the molecule is Cc1occc1CN(C)C1(CN)CC(C)C1. The molecule has 3 heteroatoms. The largest absolute Gasteiger partial charge is 0.469 e. The molecule has 1 aliphatic carbocycles. The van der Waals surface area contributed by atoms with Crippen LogP contribution >= 0.6 is 0 Å². The molecule has 3 nitrogen and oxygen atoms in total. The molecule has 0 spiro atoms. The van der Waals surface area contributed by atoms with Gasteiger partial charge in [0.2, 0.25) is 0 Å². The maximum atomic E-state index is 5.93. The van der Waals surface area contributed by atoms with Crippen molar-refractivity contribution in [3.8, 4) is 0 Å². The summed E-state index contributed by atoms with van der Waals surface area (Å²) in [4.78, 5) is 2.39. The fourth-order valence-corrected chi connectivity index (χ4v) is 2.87. The first kappa shape index (κ1) is 11.7. The molecule has 0 radical (unpaired) electrons. The zero-order valence-corrected chi connectivity index (χ0v) is 10.5. The van der Waals surface area contributed by atoms with Crippen molar-refractivity contribution in [2.75, 3.05) is 13.6 Å². The zero-order valence-electron chi connectivity index (χ0n) is 10.5. The van der Waals surface area contributed by atoms with Crippen molar-refractivity contribution >= 4 is 0 Å². The fourth-order valence-electron chi connectivity index (χ4n) is 2.87. The van der Waals surface area contributed by atoms with Crippen molar-refractivity contribution in [2.45, 2.75) is 38.8 Å². The quantitative estimate of drug-likeness (QED) is 0.848. The van der Waals surface area contributed by atoms with Gasteiger partial charge in [-0.2, -0.15) is 0 Å². The third kappa shape index (κ3) is 1.89. The predicted octanol–water partition coefficient (Wildman–Crippen LogP) is 2.15. The molecular weight excluding hydrogens is 200 g/mol. The predicted molar refractivity (Wildman–Crippen MR) is 65.1 cm³/mol. The van der Waals surface area contributed by atoms with Crippen LogP contribution in [0.3, 0.4) is 0 Å². The van der Waals surface area contributed by atoms with Crippen LogP contribution in [-0.2, 0) is 6.54 Å². The lowest BCUT2D eigenvalue weighted by Gasteiger charge is -2.52. The van der Waals surface area contributed by atoms with E-state index in [0.29, 0.717) is 0 Å². The Balaban J connectivity index is 2.02. The molecule has 1 aliphatic rings.